The normalized spacial score (nSPS) is 19.6. The number of hydrogen-bond acceptors (Lipinski definition) is 8. The molecule has 0 spiro atoms. The third-order valence-electron chi connectivity index (χ3n) is 5.09. The SMILES string of the molecule is COC(=O)c1ccoc1COC(=O)[C@@H]1CC(O)CN1S(=O)(=O)c1ccc(C)c(C)c1. The Labute approximate surface area is 174 Å². The van der Waals surface area contributed by atoms with E-state index < -0.39 is 34.1 Å². The number of ether oxygens (including phenoxy) is 2. The third-order valence-corrected chi connectivity index (χ3v) is 6.96. The first-order chi connectivity index (χ1) is 14.1. The Morgan fingerprint density at radius 3 is 2.63 bits per heavy atom. The van der Waals surface area contributed by atoms with Crippen LogP contribution in [0.15, 0.2) is 39.8 Å². The zero-order valence-electron chi connectivity index (χ0n) is 16.8. The minimum Gasteiger partial charge on any atom is -0.465 e. The summed E-state index contributed by atoms with van der Waals surface area (Å²) in [5.41, 5.74) is 1.84. The van der Waals surface area contributed by atoms with Gasteiger partial charge in [-0.3, -0.25) is 4.79 Å². The van der Waals surface area contributed by atoms with Crippen LogP contribution in [0.4, 0.5) is 0 Å². The van der Waals surface area contributed by atoms with Crippen LogP contribution in [0.3, 0.4) is 0 Å². The summed E-state index contributed by atoms with van der Waals surface area (Å²) >= 11 is 0. The highest BCUT2D eigenvalue weighted by molar-refractivity contribution is 7.89. The van der Waals surface area contributed by atoms with E-state index in [1.54, 1.807) is 13.0 Å². The highest BCUT2D eigenvalue weighted by atomic mass is 32.2. The van der Waals surface area contributed by atoms with Crippen molar-refractivity contribution in [3.05, 3.63) is 53.0 Å². The first-order valence-electron chi connectivity index (χ1n) is 9.23. The van der Waals surface area contributed by atoms with E-state index >= 15 is 0 Å². The number of carbonyl (C=O) groups excluding carboxylic acids is 2. The number of aliphatic hydroxyl groups is 1. The first-order valence-corrected chi connectivity index (χ1v) is 10.7. The summed E-state index contributed by atoms with van der Waals surface area (Å²) in [4.78, 5) is 24.4. The van der Waals surface area contributed by atoms with Crippen LogP contribution >= 0.6 is 0 Å². The molecule has 3 rings (SSSR count). The van der Waals surface area contributed by atoms with Gasteiger partial charge in [-0.15, -0.1) is 0 Å². The fraction of sp³-hybridized carbons (Fsp3) is 0.400. The molecule has 1 aliphatic rings. The van der Waals surface area contributed by atoms with Crippen LogP contribution in [0.1, 0.15) is 33.7 Å². The molecule has 2 aromatic rings. The van der Waals surface area contributed by atoms with Crippen LogP contribution in [-0.4, -0.2) is 55.6 Å². The summed E-state index contributed by atoms with van der Waals surface area (Å²) in [6, 6.07) is 4.88. The molecule has 1 fully saturated rings. The maximum atomic E-state index is 13.1. The van der Waals surface area contributed by atoms with Crippen LogP contribution in [0, 0.1) is 13.8 Å². The van der Waals surface area contributed by atoms with E-state index in [9.17, 15) is 23.1 Å². The highest BCUT2D eigenvalue weighted by Crippen LogP contribution is 2.28. The summed E-state index contributed by atoms with van der Waals surface area (Å²) in [6.07, 6.45) is 0.161. The van der Waals surface area contributed by atoms with Gasteiger partial charge in [0.05, 0.1) is 24.4 Å². The number of aliphatic hydroxyl groups excluding tert-OH is 1. The Balaban J connectivity index is 1.79. The summed E-state index contributed by atoms with van der Waals surface area (Å²) in [5.74, 6) is -1.41. The predicted octanol–water partition coefficient (Wildman–Crippen LogP) is 1.55. The lowest BCUT2D eigenvalue weighted by molar-refractivity contribution is -0.149. The smallest absolute Gasteiger partial charge is 0.341 e. The van der Waals surface area contributed by atoms with Crippen molar-refractivity contribution < 1.29 is 37.0 Å². The zero-order valence-corrected chi connectivity index (χ0v) is 17.6. The lowest BCUT2D eigenvalue weighted by atomic mass is 10.1. The van der Waals surface area contributed by atoms with Gasteiger partial charge in [-0.25, -0.2) is 13.2 Å². The van der Waals surface area contributed by atoms with Crippen molar-refractivity contribution >= 4 is 22.0 Å². The predicted molar refractivity (Wildman–Crippen MR) is 104 cm³/mol. The van der Waals surface area contributed by atoms with E-state index in [0.717, 1.165) is 15.4 Å². The summed E-state index contributed by atoms with van der Waals surface area (Å²) in [5, 5.41) is 10.0. The van der Waals surface area contributed by atoms with Gasteiger partial charge in [0.1, 0.15) is 18.2 Å². The molecular weight excluding hydrogens is 414 g/mol. The molecule has 1 unspecified atom stereocenters. The van der Waals surface area contributed by atoms with Gasteiger partial charge in [0, 0.05) is 13.0 Å². The Morgan fingerprint density at radius 1 is 1.23 bits per heavy atom. The number of furan rings is 1. The van der Waals surface area contributed by atoms with Gasteiger partial charge in [0.2, 0.25) is 10.0 Å². The number of β-amino-alcohol motifs (C(OH)–C–C–N with tert-alkyl or cyclic N) is 1. The van der Waals surface area contributed by atoms with Crippen LogP contribution in [0.2, 0.25) is 0 Å². The molecule has 0 bridgehead atoms. The molecule has 10 heteroatoms. The summed E-state index contributed by atoms with van der Waals surface area (Å²) in [7, 11) is -2.82. The van der Waals surface area contributed by atoms with Crippen LogP contribution in [-0.2, 0) is 30.9 Å². The topological polar surface area (TPSA) is 123 Å². The molecule has 1 saturated heterocycles. The minimum atomic E-state index is -4.03. The number of methoxy groups -OCH3 is 1. The van der Waals surface area contributed by atoms with Crippen molar-refractivity contribution in [2.45, 2.75) is 43.9 Å². The third kappa shape index (κ3) is 4.25. The van der Waals surface area contributed by atoms with Gasteiger partial charge in [-0.2, -0.15) is 4.31 Å². The van der Waals surface area contributed by atoms with Crippen molar-refractivity contribution in [2.24, 2.45) is 0 Å². The molecule has 0 aliphatic carbocycles. The van der Waals surface area contributed by atoms with Gasteiger partial charge >= 0.3 is 11.9 Å². The van der Waals surface area contributed by atoms with E-state index in [4.69, 9.17) is 9.15 Å². The molecule has 0 saturated carbocycles. The molecule has 9 nitrogen and oxygen atoms in total. The maximum absolute atomic E-state index is 13.1. The molecular formula is C20H23NO8S. The average Bonchev–Trinajstić information content (AvgIpc) is 3.34. The molecule has 1 aliphatic heterocycles. The monoisotopic (exact) mass is 437 g/mol. The molecule has 0 radical (unpaired) electrons. The first kappa shape index (κ1) is 22.0. The number of hydrogen-bond donors (Lipinski definition) is 1. The van der Waals surface area contributed by atoms with Gasteiger partial charge in [-0.1, -0.05) is 6.07 Å². The van der Waals surface area contributed by atoms with Gasteiger partial charge in [0.25, 0.3) is 0 Å². The molecule has 1 aromatic heterocycles. The minimum absolute atomic E-state index is 0.0384. The number of benzene rings is 1. The number of aryl methyl sites for hydroxylation is 2. The quantitative estimate of drug-likeness (QED) is 0.675. The molecule has 30 heavy (non-hydrogen) atoms. The maximum Gasteiger partial charge on any atom is 0.341 e. The van der Waals surface area contributed by atoms with Crippen molar-refractivity contribution in [3.8, 4) is 0 Å². The largest absolute Gasteiger partial charge is 0.465 e. The Kier molecular flexibility index (Phi) is 6.30. The second-order valence-electron chi connectivity index (χ2n) is 7.08. The average molecular weight is 437 g/mol. The molecule has 1 N–H and O–H groups in total. The number of nitrogens with zero attached hydrogens (tertiary/aromatic N) is 1. The lowest BCUT2D eigenvalue weighted by Gasteiger charge is -2.22. The Bertz CT molecular complexity index is 1060. The van der Waals surface area contributed by atoms with Gasteiger partial charge < -0.3 is 19.0 Å². The Morgan fingerprint density at radius 2 is 1.97 bits per heavy atom. The number of carbonyl (C=O) groups is 2. The molecule has 0 amide bonds. The van der Waals surface area contributed by atoms with Crippen molar-refractivity contribution in [2.75, 3.05) is 13.7 Å². The molecule has 1 aromatic carbocycles. The summed E-state index contributed by atoms with van der Waals surface area (Å²) < 4.78 is 42.1. The van der Waals surface area contributed by atoms with E-state index in [1.165, 1.54) is 31.6 Å². The lowest BCUT2D eigenvalue weighted by Crippen LogP contribution is -2.41. The van der Waals surface area contributed by atoms with E-state index in [-0.39, 0.29) is 35.8 Å². The second kappa shape index (κ2) is 8.58. The fourth-order valence-corrected chi connectivity index (χ4v) is 4.96. The zero-order chi connectivity index (χ0) is 22.1. The summed E-state index contributed by atoms with van der Waals surface area (Å²) in [6.45, 7) is 3.06. The Hall–Kier alpha value is -2.69. The van der Waals surface area contributed by atoms with Crippen molar-refractivity contribution in [1.29, 1.82) is 0 Å². The van der Waals surface area contributed by atoms with E-state index in [0.29, 0.717) is 0 Å². The van der Waals surface area contributed by atoms with Crippen molar-refractivity contribution in [3.63, 3.8) is 0 Å². The standard InChI is InChI=1S/C20H23NO8S/c1-12-4-5-15(8-13(12)2)30(25,26)21-10-14(22)9-17(21)20(24)29-11-18-16(6-7-28-18)19(23)27-3/h4-8,14,17,22H,9-11H2,1-3H3/t14?,17-/m0/s1. The van der Waals surface area contributed by atoms with Crippen LogP contribution in [0.5, 0.6) is 0 Å². The molecule has 162 valence electrons. The van der Waals surface area contributed by atoms with Crippen LogP contribution < -0.4 is 0 Å². The van der Waals surface area contributed by atoms with E-state index in [1.807, 2.05) is 6.92 Å². The number of rotatable bonds is 6. The number of sulfonamides is 1. The second-order valence-corrected chi connectivity index (χ2v) is 8.97. The van der Waals surface area contributed by atoms with Crippen LogP contribution in [0.25, 0.3) is 0 Å². The molecule has 2 atom stereocenters. The van der Waals surface area contributed by atoms with Gasteiger partial charge in [0.15, 0.2) is 5.76 Å². The fourth-order valence-electron chi connectivity index (χ4n) is 3.25. The van der Waals surface area contributed by atoms with Gasteiger partial charge in [-0.05, 0) is 43.2 Å². The number of esters is 2. The molecule has 2 heterocycles. The van der Waals surface area contributed by atoms with Crippen molar-refractivity contribution in [1.82, 2.24) is 4.31 Å². The highest BCUT2D eigenvalue weighted by Gasteiger charge is 2.44. The van der Waals surface area contributed by atoms with E-state index in [2.05, 4.69) is 4.74 Å².